The Morgan fingerprint density at radius 3 is 2.47 bits per heavy atom. The minimum atomic E-state index is 0.0372. The fourth-order valence-corrected chi connectivity index (χ4v) is 1.92. The average molecular weight is 237 g/mol. The van der Waals surface area contributed by atoms with Crippen molar-refractivity contribution in [1.29, 1.82) is 0 Å². The van der Waals surface area contributed by atoms with Crippen LogP contribution >= 0.6 is 0 Å². The Balaban J connectivity index is 1.99. The summed E-state index contributed by atoms with van der Waals surface area (Å²) in [5.74, 6) is 1.56. The fourth-order valence-electron chi connectivity index (χ4n) is 1.92. The molecule has 1 aromatic rings. The molecular weight excluding hydrogens is 218 g/mol. The lowest BCUT2D eigenvalue weighted by Gasteiger charge is -2.32. The van der Waals surface area contributed by atoms with Gasteiger partial charge in [-0.3, -0.25) is 4.90 Å². The van der Waals surface area contributed by atoms with Gasteiger partial charge in [-0.25, -0.2) is 0 Å². The predicted molar refractivity (Wildman–Crippen MR) is 65.5 cm³/mol. The van der Waals surface area contributed by atoms with E-state index in [1.165, 1.54) is 0 Å². The van der Waals surface area contributed by atoms with Crippen LogP contribution in [0.4, 0.5) is 0 Å². The zero-order chi connectivity index (χ0) is 12.1. The quantitative estimate of drug-likeness (QED) is 0.798. The first-order valence-corrected chi connectivity index (χ1v) is 5.92. The predicted octanol–water partition coefficient (Wildman–Crippen LogP) is 1.75. The largest absolute Gasteiger partial charge is 0.493 e. The molecule has 1 heterocycles. The second-order valence-electron chi connectivity index (χ2n) is 4.02. The number of ether oxygens (including phenoxy) is 3. The Hall–Kier alpha value is -1.26. The number of methoxy groups -OCH3 is 1. The van der Waals surface area contributed by atoms with Gasteiger partial charge in [-0.05, 0) is 19.1 Å². The van der Waals surface area contributed by atoms with E-state index in [0.717, 1.165) is 37.8 Å². The zero-order valence-electron chi connectivity index (χ0n) is 10.4. The monoisotopic (exact) mass is 237 g/mol. The van der Waals surface area contributed by atoms with Gasteiger partial charge >= 0.3 is 0 Å². The van der Waals surface area contributed by atoms with Crippen LogP contribution in [0.5, 0.6) is 11.5 Å². The van der Waals surface area contributed by atoms with Crippen LogP contribution < -0.4 is 9.47 Å². The first-order valence-electron chi connectivity index (χ1n) is 5.92. The van der Waals surface area contributed by atoms with E-state index < -0.39 is 0 Å². The van der Waals surface area contributed by atoms with Crippen LogP contribution in [0.3, 0.4) is 0 Å². The van der Waals surface area contributed by atoms with Crippen LogP contribution in [0.25, 0.3) is 0 Å². The van der Waals surface area contributed by atoms with Gasteiger partial charge in [0.15, 0.2) is 11.5 Å². The van der Waals surface area contributed by atoms with Crippen molar-refractivity contribution in [2.24, 2.45) is 0 Å². The molecule has 0 saturated carbocycles. The van der Waals surface area contributed by atoms with Gasteiger partial charge in [0.1, 0.15) is 6.23 Å². The Morgan fingerprint density at radius 1 is 1.18 bits per heavy atom. The summed E-state index contributed by atoms with van der Waals surface area (Å²) in [5.41, 5.74) is 0. The Kier molecular flexibility index (Phi) is 4.23. The third kappa shape index (κ3) is 3.11. The Morgan fingerprint density at radius 2 is 1.82 bits per heavy atom. The van der Waals surface area contributed by atoms with E-state index in [2.05, 4.69) is 11.8 Å². The second-order valence-corrected chi connectivity index (χ2v) is 4.02. The van der Waals surface area contributed by atoms with Crippen molar-refractivity contribution in [3.8, 4) is 11.5 Å². The molecule has 1 atom stereocenters. The lowest BCUT2D eigenvalue weighted by molar-refractivity contribution is -0.0380. The average Bonchev–Trinajstić information content (AvgIpc) is 2.40. The van der Waals surface area contributed by atoms with Crippen LogP contribution in [-0.2, 0) is 4.74 Å². The smallest absolute Gasteiger partial charge is 0.163 e. The van der Waals surface area contributed by atoms with Crippen molar-refractivity contribution < 1.29 is 14.2 Å². The molecule has 2 rings (SSSR count). The molecule has 0 spiro atoms. The van der Waals surface area contributed by atoms with Crippen molar-refractivity contribution >= 4 is 0 Å². The Bertz CT molecular complexity index is 350. The number of benzene rings is 1. The minimum absolute atomic E-state index is 0.0372. The minimum Gasteiger partial charge on any atom is -0.493 e. The van der Waals surface area contributed by atoms with Gasteiger partial charge in [0.2, 0.25) is 0 Å². The highest BCUT2D eigenvalue weighted by Crippen LogP contribution is 2.27. The Labute approximate surface area is 102 Å². The van der Waals surface area contributed by atoms with Gasteiger partial charge in [-0.2, -0.15) is 0 Å². The van der Waals surface area contributed by atoms with Crippen LogP contribution in [-0.4, -0.2) is 44.5 Å². The number of para-hydroxylation sites is 2. The third-order valence-corrected chi connectivity index (χ3v) is 2.93. The number of morpholine rings is 1. The van der Waals surface area contributed by atoms with Crippen molar-refractivity contribution in [2.75, 3.05) is 33.4 Å². The maximum atomic E-state index is 5.92. The maximum absolute atomic E-state index is 5.92. The molecule has 4 nitrogen and oxygen atoms in total. The maximum Gasteiger partial charge on any atom is 0.163 e. The van der Waals surface area contributed by atoms with Crippen molar-refractivity contribution in [1.82, 2.24) is 4.90 Å². The zero-order valence-corrected chi connectivity index (χ0v) is 10.4. The van der Waals surface area contributed by atoms with Crippen LogP contribution in [0.1, 0.15) is 6.92 Å². The molecule has 1 aromatic carbocycles. The number of hydrogen-bond acceptors (Lipinski definition) is 4. The molecule has 1 saturated heterocycles. The first kappa shape index (κ1) is 12.2. The fraction of sp³-hybridized carbons (Fsp3) is 0.538. The van der Waals surface area contributed by atoms with E-state index in [9.17, 15) is 0 Å². The van der Waals surface area contributed by atoms with Gasteiger partial charge in [-0.1, -0.05) is 12.1 Å². The molecule has 4 heteroatoms. The molecule has 0 radical (unpaired) electrons. The molecule has 0 amide bonds. The van der Waals surface area contributed by atoms with Gasteiger partial charge in [0, 0.05) is 13.1 Å². The first-order chi connectivity index (χ1) is 8.31. The van der Waals surface area contributed by atoms with Crippen molar-refractivity contribution in [2.45, 2.75) is 13.2 Å². The number of nitrogens with zero attached hydrogens (tertiary/aromatic N) is 1. The van der Waals surface area contributed by atoms with E-state index in [1.807, 2.05) is 24.3 Å². The van der Waals surface area contributed by atoms with Gasteiger partial charge in [0.25, 0.3) is 0 Å². The summed E-state index contributed by atoms with van der Waals surface area (Å²) in [7, 11) is 1.65. The molecule has 0 bridgehead atoms. The summed E-state index contributed by atoms with van der Waals surface area (Å²) in [5, 5.41) is 0. The molecule has 0 N–H and O–H groups in total. The second kappa shape index (κ2) is 5.89. The lowest BCUT2D eigenvalue weighted by Crippen LogP contribution is -2.44. The topological polar surface area (TPSA) is 30.9 Å². The van der Waals surface area contributed by atoms with Gasteiger partial charge in [0.05, 0.1) is 20.3 Å². The summed E-state index contributed by atoms with van der Waals surface area (Å²) >= 11 is 0. The lowest BCUT2D eigenvalue weighted by atomic mass is 10.3. The van der Waals surface area contributed by atoms with E-state index in [4.69, 9.17) is 14.2 Å². The van der Waals surface area contributed by atoms with Crippen LogP contribution in [0.2, 0.25) is 0 Å². The summed E-state index contributed by atoms with van der Waals surface area (Å²) in [6.45, 7) is 5.43. The molecular formula is C13H19NO3. The van der Waals surface area contributed by atoms with E-state index in [1.54, 1.807) is 7.11 Å². The molecule has 1 aliphatic rings. The number of hydrogen-bond donors (Lipinski definition) is 0. The molecule has 1 unspecified atom stereocenters. The van der Waals surface area contributed by atoms with Gasteiger partial charge in [-0.15, -0.1) is 0 Å². The summed E-state index contributed by atoms with van der Waals surface area (Å²) < 4.78 is 16.5. The SMILES string of the molecule is COc1ccccc1OC(C)N1CCOCC1. The van der Waals surface area contributed by atoms with E-state index in [0.29, 0.717) is 0 Å². The molecule has 0 aromatic heterocycles. The summed E-state index contributed by atoms with van der Waals surface area (Å²) in [4.78, 5) is 2.26. The molecule has 0 aliphatic carbocycles. The van der Waals surface area contributed by atoms with Gasteiger partial charge < -0.3 is 14.2 Å². The standard InChI is InChI=1S/C13H19NO3/c1-11(14-7-9-16-10-8-14)17-13-6-4-3-5-12(13)15-2/h3-6,11H,7-10H2,1-2H3. The highest BCUT2D eigenvalue weighted by molar-refractivity contribution is 5.39. The highest BCUT2D eigenvalue weighted by Gasteiger charge is 2.19. The highest BCUT2D eigenvalue weighted by atomic mass is 16.5. The van der Waals surface area contributed by atoms with E-state index >= 15 is 0 Å². The summed E-state index contributed by atoms with van der Waals surface area (Å²) in [6.07, 6.45) is 0.0372. The van der Waals surface area contributed by atoms with E-state index in [-0.39, 0.29) is 6.23 Å². The number of rotatable bonds is 4. The third-order valence-electron chi connectivity index (χ3n) is 2.93. The normalized spacial score (nSPS) is 18.7. The molecule has 94 valence electrons. The van der Waals surface area contributed by atoms with Crippen LogP contribution in [0, 0.1) is 0 Å². The summed E-state index contributed by atoms with van der Waals surface area (Å²) in [6, 6.07) is 7.71. The van der Waals surface area contributed by atoms with Crippen molar-refractivity contribution in [3.05, 3.63) is 24.3 Å². The van der Waals surface area contributed by atoms with Crippen LogP contribution in [0.15, 0.2) is 24.3 Å². The molecule has 1 fully saturated rings. The molecule has 1 aliphatic heterocycles. The van der Waals surface area contributed by atoms with Crippen molar-refractivity contribution in [3.63, 3.8) is 0 Å². The molecule has 17 heavy (non-hydrogen) atoms.